The van der Waals surface area contributed by atoms with Crippen molar-refractivity contribution in [3.63, 3.8) is 0 Å². The van der Waals surface area contributed by atoms with Gasteiger partial charge in [0.2, 0.25) is 0 Å². The Morgan fingerprint density at radius 1 is 1.25 bits per heavy atom. The molecule has 1 saturated carbocycles. The van der Waals surface area contributed by atoms with Crippen molar-refractivity contribution in [3.05, 3.63) is 0 Å². The molecule has 1 atom stereocenters. The lowest BCUT2D eigenvalue weighted by Gasteiger charge is -2.31. The maximum Gasteiger partial charge on any atom is 0.0469 e. The first-order chi connectivity index (χ1) is 7.75. The van der Waals surface area contributed by atoms with Gasteiger partial charge in [-0.3, -0.25) is 0 Å². The SMILES string of the molecule is CC(CNC1CC1)N(C)CC1CCOCC1. The molecule has 0 aromatic carbocycles. The van der Waals surface area contributed by atoms with E-state index in [0.29, 0.717) is 6.04 Å². The van der Waals surface area contributed by atoms with Gasteiger partial charge < -0.3 is 15.0 Å². The van der Waals surface area contributed by atoms with E-state index in [1.807, 2.05) is 0 Å². The molecule has 0 bridgehead atoms. The summed E-state index contributed by atoms with van der Waals surface area (Å²) in [7, 11) is 2.26. The third-order valence-electron chi connectivity index (χ3n) is 3.92. The maximum atomic E-state index is 5.40. The number of rotatable bonds is 6. The number of ether oxygens (including phenoxy) is 1. The minimum atomic E-state index is 0.656. The minimum absolute atomic E-state index is 0.656. The van der Waals surface area contributed by atoms with E-state index in [1.165, 1.54) is 32.2 Å². The fourth-order valence-corrected chi connectivity index (χ4v) is 2.30. The maximum absolute atomic E-state index is 5.40. The lowest BCUT2D eigenvalue weighted by molar-refractivity contribution is 0.0513. The van der Waals surface area contributed by atoms with Gasteiger partial charge in [0.15, 0.2) is 0 Å². The van der Waals surface area contributed by atoms with Crippen LogP contribution in [0.1, 0.15) is 32.6 Å². The molecule has 94 valence electrons. The van der Waals surface area contributed by atoms with E-state index < -0.39 is 0 Å². The molecule has 1 aliphatic carbocycles. The molecule has 2 rings (SSSR count). The quantitative estimate of drug-likeness (QED) is 0.742. The number of likely N-dealkylation sites (N-methyl/N-ethyl adjacent to an activating group) is 1. The highest BCUT2D eigenvalue weighted by molar-refractivity contribution is 4.83. The van der Waals surface area contributed by atoms with Crippen LogP contribution in [0, 0.1) is 5.92 Å². The first kappa shape index (κ1) is 12.3. The molecule has 0 amide bonds. The molecule has 1 aliphatic heterocycles. The van der Waals surface area contributed by atoms with E-state index in [0.717, 1.165) is 31.7 Å². The van der Waals surface area contributed by atoms with Gasteiger partial charge in [0.25, 0.3) is 0 Å². The zero-order chi connectivity index (χ0) is 11.4. The standard InChI is InChI=1S/C13H26N2O/c1-11(9-14-13-3-4-13)15(2)10-12-5-7-16-8-6-12/h11-14H,3-10H2,1-2H3. The summed E-state index contributed by atoms with van der Waals surface area (Å²) in [5.41, 5.74) is 0. The molecule has 1 unspecified atom stereocenters. The van der Waals surface area contributed by atoms with E-state index in [-0.39, 0.29) is 0 Å². The topological polar surface area (TPSA) is 24.5 Å². The minimum Gasteiger partial charge on any atom is -0.381 e. The highest BCUT2D eigenvalue weighted by Crippen LogP contribution is 2.19. The van der Waals surface area contributed by atoms with Crippen LogP contribution in [0.4, 0.5) is 0 Å². The molecule has 1 saturated heterocycles. The summed E-state index contributed by atoms with van der Waals surface area (Å²) >= 11 is 0. The smallest absolute Gasteiger partial charge is 0.0469 e. The summed E-state index contributed by atoms with van der Waals surface area (Å²) in [5.74, 6) is 0.849. The van der Waals surface area contributed by atoms with Crippen LogP contribution in [0.3, 0.4) is 0 Å². The molecule has 0 spiro atoms. The molecule has 0 radical (unpaired) electrons. The number of nitrogens with one attached hydrogen (secondary N) is 1. The predicted molar refractivity (Wildman–Crippen MR) is 66.7 cm³/mol. The van der Waals surface area contributed by atoms with Crippen molar-refractivity contribution in [1.29, 1.82) is 0 Å². The Labute approximate surface area is 99.5 Å². The summed E-state index contributed by atoms with van der Waals surface area (Å²) in [6.07, 6.45) is 5.26. The average molecular weight is 226 g/mol. The second-order valence-electron chi connectivity index (χ2n) is 5.53. The molecular weight excluding hydrogens is 200 g/mol. The van der Waals surface area contributed by atoms with Crippen LogP contribution >= 0.6 is 0 Å². The van der Waals surface area contributed by atoms with Crippen LogP contribution in [-0.4, -0.2) is 50.3 Å². The Balaban J connectivity index is 1.62. The molecule has 3 heteroatoms. The van der Waals surface area contributed by atoms with Crippen molar-refractivity contribution in [2.45, 2.75) is 44.7 Å². The van der Waals surface area contributed by atoms with Gasteiger partial charge in [-0.1, -0.05) is 0 Å². The highest BCUT2D eigenvalue weighted by Gasteiger charge is 2.23. The van der Waals surface area contributed by atoms with Crippen molar-refractivity contribution in [1.82, 2.24) is 10.2 Å². The Morgan fingerprint density at radius 3 is 2.56 bits per heavy atom. The summed E-state index contributed by atoms with van der Waals surface area (Å²) in [6.45, 7) is 6.64. The molecule has 1 heterocycles. The third-order valence-corrected chi connectivity index (χ3v) is 3.92. The fraction of sp³-hybridized carbons (Fsp3) is 1.00. The summed E-state index contributed by atoms with van der Waals surface area (Å²) < 4.78 is 5.40. The molecule has 1 N–H and O–H groups in total. The second-order valence-corrected chi connectivity index (χ2v) is 5.53. The van der Waals surface area contributed by atoms with Crippen LogP contribution in [-0.2, 0) is 4.74 Å². The van der Waals surface area contributed by atoms with E-state index in [4.69, 9.17) is 4.74 Å². The predicted octanol–water partition coefficient (Wildman–Crippen LogP) is 1.49. The van der Waals surface area contributed by atoms with Crippen LogP contribution in [0.5, 0.6) is 0 Å². The van der Waals surface area contributed by atoms with Crippen molar-refractivity contribution in [2.75, 3.05) is 33.4 Å². The third kappa shape index (κ3) is 4.04. The Hall–Kier alpha value is -0.120. The van der Waals surface area contributed by atoms with E-state index in [9.17, 15) is 0 Å². The van der Waals surface area contributed by atoms with Gasteiger partial charge in [-0.15, -0.1) is 0 Å². The van der Waals surface area contributed by atoms with Gasteiger partial charge in [-0.05, 0) is 45.6 Å². The molecule has 2 aliphatic rings. The second kappa shape index (κ2) is 5.99. The molecule has 16 heavy (non-hydrogen) atoms. The summed E-state index contributed by atoms with van der Waals surface area (Å²) in [6, 6.07) is 1.49. The normalized spacial score (nSPS) is 24.9. The molecule has 0 aromatic rings. The fourth-order valence-electron chi connectivity index (χ4n) is 2.30. The van der Waals surface area contributed by atoms with Crippen molar-refractivity contribution >= 4 is 0 Å². The van der Waals surface area contributed by atoms with Crippen LogP contribution < -0.4 is 5.32 Å². The molecule has 2 fully saturated rings. The largest absolute Gasteiger partial charge is 0.381 e. The van der Waals surface area contributed by atoms with Gasteiger partial charge in [0, 0.05) is 38.4 Å². The highest BCUT2D eigenvalue weighted by atomic mass is 16.5. The first-order valence-corrected chi connectivity index (χ1v) is 6.77. The van der Waals surface area contributed by atoms with Gasteiger partial charge in [0.05, 0.1) is 0 Å². The van der Waals surface area contributed by atoms with E-state index in [1.54, 1.807) is 0 Å². The molecule has 0 aromatic heterocycles. The van der Waals surface area contributed by atoms with Gasteiger partial charge in [-0.25, -0.2) is 0 Å². The van der Waals surface area contributed by atoms with E-state index >= 15 is 0 Å². The van der Waals surface area contributed by atoms with Gasteiger partial charge >= 0.3 is 0 Å². The summed E-state index contributed by atoms with van der Waals surface area (Å²) in [5, 5.41) is 3.61. The van der Waals surface area contributed by atoms with Crippen LogP contribution in [0.15, 0.2) is 0 Å². The number of nitrogens with zero attached hydrogens (tertiary/aromatic N) is 1. The van der Waals surface area contributed by atoms with E-state index in [2.05, 4.69) is 24.2 Å². The average Bonchev–Trinajstić information content (AvgIpc) is 3.11. The zero-order valence-corrected chi connectivity index (χ0v) is 10.7. The Morgan fingerprint density at radius 2 is 1.94 bits per heavy atom. The van der Waals surface area contributed by atoms with Crippen molar-refractivity contribution in [2.24, 2.45) is 5.92 Å². The van der Waals surface area contributed by atoms with Crippen molar-refractivity contribution in [3.8, 4) is 0 Å². The summed E-state index contributed by atoms with van der Waals surface area (Å²) in [4.78, 5) is 2.51. The lowest BCUT2D eigenvalue weighted by Crippen LogP contribution is -2.41. The monoisotopic (exact) mass is 226 g/mol. The Kier molecular flexibility index (Phi) is 4.62. The van der Waals surface area contributed by atoms with Crippen LogP contribution in [0.25, 0.3) is 0 Å². The molecular formula is C13H26N2O. The lowest BCUT2D eigenvalue weighted by atomic mass is 9.99. The Bertz CT molecular complexity index is 200. The zero-order valence-electron chi connectivity index (χ0n) is 10.7. The number of hydrogen-bond acceptors (Lipinski definition) is 3. The number of hydrogen-bond donors (Lipinski definition) is 1. The van der Waals surface area contributed by atoms with Crippen molar-refractivity contribution < 1.29 is 4.74 Å². The molecule has 3 nitrogen and oxygen atoms in total. The van der Waals surface area contributed by atoms with Gasteiger partial charge in [-0.2, -0.15) is 0 Å². The van der Waals surface area contributed by atoms with Crippen LogP contribution in [0.2, 0.25) is 0 Å². The first-order valence-electron chi connectivity index (χ1n) is 6.77. The van der Waals surface area contributed by atoms with Gasteiger partial charge in [0.1, 0.15) is 0 Å².